The summed E-state index contributed by atoms with van der Waals surface area (Å²) in [6.07, 6.45) is 8.71. The van der Waals surface area contributed by atoms with Crippen LogP contribution in [0.25, 0.3) is 0 Å². The lowest BCUT2D eigenvalue weighted by molar-refractivity contribution is -0.118. The van der Waals surface area contributed by atoms with Crippen LogP contribution >= 0.6 is 0 Å². The molecular weight excluding hydrogens is 304 g/mol. The third-order valence-electron chi connectivity index (χ3n) is 5.84. The van der Waals surface area contributed by atoms with E-state index in [4.69, 9.17) is 5.73 Å². The smallest absolute Gasteiger partial charge is 0.228 e. The van der Waals surface area contributed by atoms with Crippen molar-refractivity contribution in [2.75, 3.05) is 36.4 Å². The Morgan fingerprint density at radius 3 is 2.58 bits per heavy atom. The number of aromatic nitrogens is 2. The number of carbonyl (C=O) groups excluding carboxylic acids is 1. The Labute approximate surface area is 142 Å². The van der Waals surface area contributed by atoms with Crippen molar-refractivity contribution in [1.29, 1.82) is 0 Å². The van der Waals surface area contributed by atoms with Crippen LogP contribution in [0.3, 0.4) is 0 Å². The molecule has 4 rings (SSSR count). The van der Waals surface area contributed by atoms with Gasteiger partial charge in [0.05, 0.1) is 18.1 Å². The molecule has 7 heteroatoms. The fourth-order valence-electron chi connectivity index (χ4n) is 4.13. The molecule has 1 aliphatic heterocycles. The van der Waals surface area contributed by atoms with E-state index in [9.17, 15) is 4.79 Å². The highest BCUT2D eigenvalue weighted by Crippen LogP contribution is 2.61. The van der Waals surface area contributed by atoms with Crippen LogP contribution in [0.2, 0.25) is 0 Å². The lowest BCUT2D eigenvalue weighted by atomic mass is 9.82. The SMILES string of the molecule is NC1CCC2(CC1)CC2C(=O)Nc1cnc(N2CCNCC2)nc1. The molecule has 1 aromatic heterocycles. The summed E-state index contributed by atoms with van der Waals surface area (Å²) in [6.45, 7) is 3.74. The lowest BCUT2D eigenvalue weighted by Gasteiger charge is -2.27. The van der Waals surface area contributed by atoms with E-state index in [0.29, 0.717) is 11.7 Å². The van der Waals surface area contributed by atoms with E-state index in [-0.39, 0.29) is 17.2 Å². The summed E-state index contributed by atoms with van der Waals surface area (Å²) >= 11 is 0. The standard InChI is InChI=1S/C17H26N6O/c18-12-1-3-17(4-2-12)9-14(17)15(24)22-13-10-20-16(21-11-13)23-7-5-19-6-8-23/h10-12,14,19H,1-9,18H2,(H,22,24). The Hall–Kier alpha value is -1.73. The molecule has 1 amide bonds. The molecule has 1 atom stereocenters. The van der Waals surface area contributed by atoms with Gasteiger partial charge in [-0.25, -0.2) is 9.97 Å². The van der Waals surface area contributed by atoms with Crippen LogP contribution in [0.5, 0.6) is 0 Å². The zero-order valence-electron chi connectivity index (χ0n) is 14.0. The van der Waals surface area contributed by atoms with Crippen molar-refractivity contribution in [1.82, 2.24) is 15.3 Å². The first-order valence-corrected chi connectivity index (χ1v) is 9.00. The number of nitrogens with two attached hydrogens (primary N) is 1. The first-order chi connectivity index (χ1) is 11.7. The van der Waals surface area contributed by atoms with E-state index in [1.54, 1.807) is 12.4 Å². The summed E-state index contributed by atoms with van der Waals surface area (Å²) in [5.74, 6) is 0.987. The van der Waals surface area contributed by atoms with Gasteiger partial charge in [0.1, 0.15) is 0 Å². The highest BCUT2D eigenvalue weighted by Gasteiger charge is 2.58. The molecule has 130 valence electrons. The van der Waals surface area contributed by atoms with Crippen LogP contribution in [-0.4, -0.2) is 48.1 Å². The molecule has 24 heavy (non-hydrogen) atoms. The Morgan fingerprint density at radius 1 is 1.25 bits per heavy atom. The summed E-state index contributed by atoms with van der Waals surface area (Å²) in [7, 11) is 0. The molecule has 1 unspecified atom stereocenters. The molecule has 0 radical (unpaired) electrons. The minimum absolute atomic E-state index is 0.115. The molecule has 2 heterocycles. The van der Waals surface area contributed by atoms with Crippen LogP contribution < -0.4 is 21.3 Å². The van der Waals surface area contributed by atoms with Gasteiger partial charge in [0, 0.05) is 38.1 Å². The summed E-state index contributed by atoms with van der Waals surface area (Å²) in [5.41, 5.74) is 6.89. The molecule has 1 saturated heterocycles. The fraction of sp³-hybridized carbons (Fsp3) is 0.706. The predicted molar refractivity (Wildman–Crippen MR) is 92.7 cm³/mol. The topological polar surface area (TPSA) is 96.2 Å². The molecule has 2 saturated carbocycles. The number of hydrogen-bond donors (Lipinski definition) is 3. The number of hydrogen-bond acceptors (Lipinski definition) is 6. The van der Waals surface area contributed by atoms with E-state index in [1.165, 1.54) is 0 Å². The summed E-state index contributed by atoms with van der Waals surface area (Å²) in [4.78, 5) is 23.5. The van der Waals surface area contributed by atoms with Crippen molar-refractivity contribution in [3.8, 4) is 0 Å². The van der Waals surface area contributed by atoms with Crippen LogP contribution in [0.15, 0.2) is 12.4 Å². The van der Waals surface area contributed by atoms with Gasteiger partial charge < -0.3 is 21.3 Å². The highest BCUT2D eigenvalue weighted by molar-refractivity contribution is 5.94. The summed E-state index contributed by atoms with van der Waals surface area (Å²) in [6, 6.07) is 0.325. The normalized spacial score (nSPS) is 32.6. The van der Waals surface area contributed by atoms with Crippen molar-refractivity contribution in [2.45, 2.75) is 38.1 Å². The Bertz CT molecular complexity index is 590. The van der Waals surface area contributed by atoms with Crippen LogP contribution in [-0.2, 0) is 4.79 Å². The molecule has 4 N–H and O–H groups in total. The minimum Gasteiger partial charge on any atom is -0.338 e. The van der Waals surface area contributed by atoms with Crippen molar-refractivity contribution < 1.29 is 4.79 Å². The van der Waals surface area contributed by atoms with Gasteiger partial charge in [-0.05, 0) is 37.5 Å². The predicted octanol–water partition coefficient (Wildman–Crippen LogP) is 0.732. The zero-order chi connectivity index (χ0) is 16.6. The number of rotatable bonds is 3. The Morgan fingerprint density at radius 2 is 1.92 bits per heavy atom. The molecule has 3 aliphatic rings. The third-order valence-corrected chi connectivity index (χ3v) is 5.84. The molecular formula is C17H26N6O. The maximum Gasteiger partial charge on any atom is 0.228 e. The molecule has 0 bridgehead atoms. The fourth-order valence-corrected chi connectivity index (χ4v) is 4.13. The average Bonchev–Trinajstić information content (AvgIpc) is 3.33. The number of amides is 1. The van der Waals surface area contributed by atoms with Crippen LogP contribution in [0.1, 0.15) is 32.1 Å². The highest BCUT2D eigenvalue weighted by atomic mass is 16.2. The number of nitrogens with one attached hydrogen (secondary N) is 2. The van der Waals surface area contributed by atoms with E-state index >= 15 is 0 Å². The summed E-state index contributed by atoms with van der Waals surface area (Å²) < 4.78 is 0. The van der Waals surface area contributed by atoms with Crippen molar-refractivity contribution in [3.05, 3.63) is 12.4 Å². The second-order valence-corrected chi connectivity index (χ2v) is 7.45. The third kappa shape index (κ3) is 3.10. The van der Waals surface area contributed by atoms with E-state index < -0.39 is 0 Å². The largest absolute Gasteiger partial charge is 0.338 e. The first-order valence-electron chi connectivity index (χ1n) is 9.00. The monoisotopic (exact) mass is 330 g/mol. The molecule has 0 aromatic carbocycles. The van der Waals surface area contributed by atoms with Gasteiger partial charge in [-0.15, -0.1) is 0 Å². The number of nitrogens with zero attached hydrogens (tertiary/aromatic N) is 3. The second-order valence-electron chi connectivity index (χ2n) is 7.45. The molecule has 1 aromatic rings. The van der Waals surface area contributed by atoms with Crippen molar-refractivity contribution in [2.24, 2.45) is 17.1 Å². The minimum atomic E-state index is 0.115. The maximum absolute atomic E-state index is 12.5. The molecule has 2 aliphatic carbocycles. The molecule has 3 fully saturated rings. The second kappa shape index (κ2) is 6.29. The zero-order valence-corrected chi connectivity index (χ0v) is 14.0. The van der Waals surface area contributed by atoms with E-state index in [0.717, 1.165) is 64.2 Å². The average molecular weight is 330 g/mol. The lowest BCUT2D eigenvalue weighted by Crippen LogP contribution is -2.44. The quantitative estimate of drug-likeness (QED) is 0.756. The number of carbonyl (C=O) groups is 1. The van der Waals surface area contributed by atoms with Gasteiger partial charge in [0.2, 0.25) is 11.9 Å². The molecule has 7 nitrogen and oxygen atoms in total. The molecule has 1 spiro atoms. The van der Waals surface area contributed by atoms with Gasteiger partial charge in [-0.1, -0.05) is 0 Å². The van der Waals surface area contributed by atoms with Crippen molar-refractivity contribution in [3.63, 3.8) is 0 Å². The Kier molecular flexibility index (Phi) is 4.14. The summed E-state index contributed by atoms with van der Waals surface area (Å²) in [5, 5.41) is 6.30. The van der Waals surface area contributed by atoms with Crippen LogP contribution in [0.4, 0.5) is 11.6 Å². The number of piperazine rings is 1. The maximum atomic E-state index is 12.5. The van der Waals surface area contributed by atoms with Crippen LogP contribution in [0, 0.1) is 11.3 Å². The first kappa shape index (κ1) is 15.8. The van der Waals surface area contributed by atoms with Crippen molar-refractivity contribution >= 4 is 17.5 Å². The van der Waals surface area contributed by atoms with Gasteiger partial charge >= 0.3 is 0 Å². The van der Waals surface area contributed by atoms with E-state index in [1.807, 2.05) is 0 Å². The Balaban J connectivity index is 1.33. The number of anilines is 2. The van der Waals surface area contributed by atoms with Gasteiger partial charge in [0.15, 0.2) is 0 Å². The van der Waals surface area contributed by atoms with Gasteiger partial charge in [0.25, 0.3) is 0 Å². The van der Waals surface area contributed by atoms with E-state index in [2.05, 4.69) is 25.5 Å². The van der Waals surface area contributed by atoms with Gasteiger partial charge in [-0.2, -0.15) is 0 Å². The van der Waals surface area contributed by atoms with Gasteiger partial charge in [-0.3, -0.25) is 4.79 Å².